The molecule has 0 aliphatic heterocycles. The fourth-order valence-corrected chi connectivity index (χ4v) is 3.54. The van der Waals surface area contributed by atoms with Crippen LogP contribution in [0.1, 0.15) is 72.1 Å². The summed E-state index contributed by atoms with van der Waals surface area (Å²) in [6, 6.07) is 0. The Bertz CT molecular complexity index is 903. The zero-order chi connectivity index (χ0) is 30.6. The Morgan fingerprint density at radius 1 is 0.780 bits per heavy atom. The number of allylic oxidation sites excluding steroid dienone is 11. The van der Waals surface area contributed by atoms with E-state index in [2.05, 4.69) is 72.2 Å². The van der Waals surface area contributed by atoms with E-state index in [1.165, 1.54) is 0 Å². The summed E-state index contributed by atoms with van der Waals surface area (Å²) in [7, 11) is 0. The molecule has 0 aliphatic carbocycles. The first-order valence-electron chi connectivity index (χ1n) is 14.5. The van der Waals surface area contributed by atoms with E-state index in [4.69, 9.17) is 4.74 Å². The van der Waals surface area contributed by atoms with Gasteiger partial charge in [0.2, 0.25) is 11.8 Å². The molecule has 0 saturated heterocycles. The maximum Gasteiger partial charge on any atom is 0.309 e. The second-order valence-corrected chi connectivity index (χ2v) is 11.0. The Hall–Kier alpha value is -2.84. The van der Waals surface area contributed by atoms with Gasteiger partial charge in [0.05, 0.1) is 13.0 Å². The molecule has 0 bridgehead atoms. The van der Waals surface area contributed by atoms with Crippen LogP contribution >= 0.6 is 11.8 Å². The van der Waals surface area contributed by atoms with Crippen LogP contribution in [-0.2, 0) is 19.1 Å². The molecule has 8 heteroatoms. The van der Waals surface area contributed by atoms with Crippen molar-refractivity contribution in [2.24, 2.45) is 5.41 Å². The minimum Gasteiger partial charge on any atom is -0.465 e. The number of aliphatic hydroxyl groups is 1. The molecule has 2 amide bonds. The summed E-state index contributed by atoms with van der Waals surface area (Å²) in [5.74, 6) is -0.354. The van der Waals surface area contributed by atoms with Crippen molar-refractivity contribution in [3.8, 4) is 0 Å². The molecular weight excluding hydrogens is 536 g/mol. The minimum atomic E-state index is -1.37. The van der Waals surface area contributed by atoms with Gasteiger partial charge < -0.3 is 20.5 Å². The lowest BCUT2D eigenvalue weighted by Crippen LogP contribution is -2.47. The predicted octanol–water partition coefficient (Wildman–Crippen LogP) is 5.99. The molecule has 0 heterocycles. The van der Waals surface area contributed by atoms with Gasteiger partial charge in [0, 0.05) is 30.7 Å². The number of rotatable bonds is 23. The van der Waals surface area contributed by atoms with E-state index < -0.39 is 23.4 Å². The fraction of sp³-hybridized carbons (Fsp3) is 0.545. The fourth-order valence-electron chi connectivity index (χ4n) is 3.24. The maximum atomic E-state index is 12.3. The van der Waals surface area contributed by atoms with E-state index in [0.717, 1.165) is 44.3 Å². The highest BCUT2D eigenvalue weighted by molar-refractivity contribution is 7.98. The number of thioether (sulfide) groups is 1. The summed E-state index contributed by atoms with van der Waals surface area (Å²) in [4.78, 5) is 36.0. The predicted molar refractivity (Wildman–Crippen MR) is 173 cm³/mol. The Kier molecular flexibility index (Phi) is 24.3. The maximum absolute atomic E-state index is 12.3. The number of esters is 1. The van der Waals surface area contributed by atoms with Gasteiger partial charge in [-0.15, -0.1) is 0 Å². The van der Waals surface area contributed by atoms with Crippen molar-refractivity contribution in [2.75, 3.05) is 31.7 Å². The molecule has 230 valence electrons. The molecule has 0 aromatic heterocycles. The van der Waals surface area contributed by atoms with Gasteiger partial charge >= 0.3 is 5.97 Å². The third kappa shape index (κ3) is 23.6. The average molecular weight is 589 g/mol. The van der Waals surface area contributed by atoms with Gasteiger partial charge in [-0.1, -0.05) is 93.7 Å². The van der Waals surface area contributed by atoms with Crippen LogP contribution in [-0.4, -0.2) is 60.7 Å². The molecule has 0 spiro atoms. The molecule has 41 heavy (non-hydrogen) atoms. The summed E-state index contributed by atoms with van der Waals surface area (Å²) < 4.78 is 5.27. The first-order valence-corrected chi connectivity index (χ1v) is 15.9. The van der Waals surface area contributed by atoms with Gasteiger partial charge in [-0.25, -0.2) is 0 Å². The molecule has 0 fully saturated rings. The molecule has 7 nitrogen and oxygen atoms in total. The summed E-state index contributed by atoms with van der Waals surface area (Å²) in [5, 5.41) is 15.7. The zero-order valence-corrected chi connectivity index (χ0v) is 26.3. The third-order valence-electron chi connectivity index (χ3n) is 5.75. The molecule has 0 saturated carbocycles. The normalized spacial score (nSPS) is 13.4. The van der Waals surface area contributed by atoms with Crippen molar-refractivity contribution in [3.05, 3.63) is 72.9 Å². The number of hydrogen-bond donors (Lipinski definition) is 3. The van der Waals surface area contributed by atoms with E-state index >= 15 is 0 Å². The quantitative estimate of drug-likeness (QED) is 0.0770. The second-order valence-electron chi connectivity index (χ2n) is 10.1. The van der Waals surface area contributed by atoms with Gasteiger partial charge in [-0.3, -0.25) is 14.4 Å². The van der Waals surface area contributed by atoms with Crippen molar-refractivity contribution in [1.82, 2.24) is 10.6 Å². The number of amides is 2. The van der Waals surface area contributed by atoms with E-state index in [0.29, 0.717) is 6.54 Å². The first kappa shape index (κ1) is 38.2. The molecule has 1 unspecified atom stereocenters. The van der Waals surface area contributed by atoms with E-state index in [1.807, 2.05) is 18.4 Å². The van der Waals surface area contributed by atoms with E-state index in [-0.39, 0.29) is 31.9 Å². The van der Waals surface area contributed by atoms with Crippen molar-refractivity contribution in [2.45, 2.75) is 78.2 Å². The van der Waals surface area contributed by atoms with Gasteiger partial charge in [0.25, 0.3) is 0 Å². The van der Waals surface area contributed by atoms with Crippen LogP contribution in [0.3, 0.4) is 0 Å². The van der Waals surface area contributed by atoms with Crippen LogP contribution in [0.5, 0.6) is 0 Å². The SMILES string of the molecule is CCC=CCC=CCC=CCC=CCC=CCC=CCC(=O)OCC(C)(C)C(O)C(=O)NCCC(=O)NCCSC. The second kappa shape index (κ2) is 26.1. The zero-order valence-electron chi connectivity index (χ0n) is 25.5. The van der Waals surface area contributed by atoms with Crippen LogP contribution in [0.4, 0.5) is 0 Å². The molecule has 0 aromatic carbocycles. The van der Waals surface area contributed by atoms with Crippen LogP contribution in [0, 0.1) is 5.41 Å². The highest BCUT2D eigenvalue weighted by atomic mass is 32.2. The summed E-state index contributed by atoms with van der Waals surface area (Å²) >= 11 is 1.63. The standard InChI is InChI=1S/C33H52N2O5S/c1-5-6-7-8-9-10-11-12-13-14-15-16-17-18-19-20-21-22-23-30(37)40-28-33(2,3)31(38)32(39)35-25-24-29(36)34-26-27-41-4/h6-7,9-10,12-13,15-16,18-19,21-22,31,38H,5,8,11,14,17,20,23-28H2,1-4H3,(H,34,36)(H,35,39). The van der Waals surface area contributed by atoms with Crippen molar-refractivity contribution < 1.29 is 24.2 Å². The van der Waals surface area contributed by atoms with E-state index in [1.54, 1.807) is 31.7 Å². The topological polar surface area (TPSA) is 105 Å². The largest absolute Gasteiger partial charge is 0.465 e. The van der Waals surface area contributed by atoms with Gasteiger partial charge in [0.15, 0.2) is 0 Å². The number of aliphatic hydroxyl groups excluding tert-OH is 1. The third-order valence-corrected chi connectivity index (χ3v) is 6.37. The lowest BCUT2D eigenvalue weighted by atomic mass is 9.87. The lowest BCUT2D eigenvalue weighted by molar-refractivity contribution is -0.152. The number of carbonyl (C=O) groups excluding carboxylic acids is 3. The number of hydrogen-bond acceptors (Lipinski definition) is 6. The molecule has 0 aliphatic rings. The Morgan fingerprint density at radius 3 is 1.76 bits per heavy atom. The Morgan fingerprint density at radius 2 is 1.27 bits per heavy atom. The first-order chi connectivity index (χ1) is 19.7. The molecule has 1 atom stereocenters. The van der Waals surface area contributed by atoms with E-state index in [9.17, 15) is 19.5 Å². The van der Waals surface area contributed by atoms with Crippen molar-refractivity contribution in [1.29, 1.82) is 0 Å². The van der Waals surface area contributed by atoms with Crippen LogP contribution in [0.2, 0.25) is 0 Å². The Labute approximate surface area is 252 Å². The minimum absolute atomic E-state index is 0.0990. The lowest BCUT2D eigenvalue weighted by Gasteiger charge is -2.28. The highest BCUT2D eigenvalue weighted by Crippen LogP contribution is 2.21. The molecule has 3 N–H and O–H groups in total. The molecule has 0 rings (SSSR count). The average Bonchev–Trinajstić information content (AvgIpc) is 2.95. The molecule has 0 aromatic rings. The molecule has 0 radical (unpaired) electrons. The Balaban J connectivity index is 4.04. The number of nitrogens with one attached hydrogen (secondary N) is 2. The van der Waals surface area contributed by atoms with Crippen LogP contribution in [0.25, 0.3) is 0 Å². The van der Waals surface area contributed by atoms with Gasteiger partial charge in [-0.2, -0.15) is 11.8 Å². The number of carbonyl (C=O) groups is 3. The van der Waals surface area contributed by atoms with Gasteiger partial charge in [-0.05, 0) is 44.8 Å². The van der Waals surface area contributed by atoms with Crippen LogP contribution in [0.15, 0.2) is 72.9 Å². The van der Waals surface area contributed by atoms with Crippen molar-refractivity contribution in [3.63, 3.8) is 0 Å². The number of ether oxygens (including phenoxy) is 1. The highest BCUT2D eigenvalue weighted by Gasteiger charge is 2.34. The summed E-state index contributed by atoms with van der Waals surface area (Å²) in [6.07, 6.45) is 31.6. The molecular formula is C33H52N2O5S. The smallest absolute Gasteiger partial charge is 0.309 e. The summed E-state index contributed by atoms with van der Waals surface area (Å²) in [5.41, 5.74) is -0.973. The van der Waals surface area contributed by atoms with Gasteiger partial charge in [0.1, 0.15) is 6.10 Å². The van der Waals surface area contributed by atoms with Crippen molar-refractivity contribution >= 4 is 29.5 Å². The monoisotopic (exact) mass is 588 g/mol. The summed E-state index contributed by atoms with van der Waals surface area (Å²) in [6.45, 7) is 6.04. The van der Waals surface area contributed by atoms with Crippen LogP contribution < -0.4 is 10.6 Å².